The number of nitrogen functional groups attached to an aromatic ring is 1. The van der Waals surface area contributed by atoms with E-state index in [9.17, 15) is 0 Å². The van der Waals surface area contributed by atoms with Crippen LogP contribution in [0.1, 0.15) is 30.0 Å². The van der Waals surface area contributed by atoms with E-state index < -0.39 is 0 Å². The average Bonchev–Trinajstić information content (AvgIpc) is 3.64. The average molecular weight is 432 g/mol. The fraction of sp³-hybridized carbons (Fsp3) is 0.400. The number of aromatic nitrogens is 2. The number of ether oxygens (including phenoxy) is 2. The molecule has 2 aliphatic heterocycles. The summed E-state index contributed by atoms with van der Waals surface area (Å²) in [5, 5.41) is 4.94. The zero-order valence-electron chi connectivity index (χ0n) is 18.2. The number of fused-ring (bicyclic) bond motifs is 1. The molecule has 0 spiro atoms. The SMILES string of the molecule is Nc1c(CN2CCN(c3cccc4c3OCCO4)CC2)c(C2CC2)nn1-c1ccccc1. The van der Waals surface area contributed by atoms with Crippen LogP contribution in [0.25, 0.3) is 5.69 Å². The summed E-state index contributed by atoms with van der Waals surface area (Å²) in [6, 6.07) is 16.4. The van der Waals surface area contributed by atoms with E-state index in [0.717, 1.165) is 61.4 Å². The highest BCUT2D eigenvalue weighted by Gasteiger charge is 2.33. The van der Waals surface area contributed by atoms with Gasteiger partial charge in [-0.15, -0.1) is 0 Å². The normalized spacial score (nSPS) is 18.7. The Hall–Kier alpha value is -3.19. The van der Waals surface area contributed by atoms with Crippen LogP contribution in [-0.4, -0.2) is 54.1 Å². The number of benzene rings is 2. The third-order valence-corrected chi connectivity index (χ3v) is 6.66. The lowest BCUT2D eigenvalue weighted by Gasteiger charge is -2.37. The Morgan fingerprint density at radius 2 is 1.69 bits per heavy atom. The third kappa shape index (κ3) is 3.56. The first-order chi connectivity index (χ1) is 15.8. The highest BCUT2D eigenvalue weighted by Crippen LogP contribution is 2.43. The van der Waals surface area contributed by atoms with Crippen molar-refractivity contribution >= 4 is 11.5 Å². The topological polar surface area (TPSA) is 68.8 Å². The maximum atomic E-state index is 6.65. The minimum atomic E-state index is 0.562. The van der Waals surface area contributed by atoms with Gasteiger partial charge in [0, 0.05) is 44.2 Å². The van der Waals surface area contributed by atoms with Crippen LogP contribution in [0.15, 0.2) is 48.5 Å². The Labute approximate surface area is 188 Å². The van der Waals surface area contributed by atoms with Crippen LogP contribution in [-0.2, 0) is 6.54 Å². The second kappa shape index (κ2) is 8.06. The summed E-state index contributed by atoms with van der Waals surface area (Å²) < 4.78 is 13.6. The Balaban J connectivity index is 1.19. The molecule has 3 aromatic rings. The second-order valence-corrected chi connectivity index (χ2v) is 8.84. The van der Waals surface area contributed by atoms with Crippen molar-refractivity contribution in [1.82, 2.24) is 14.7 Å². The summed E-state index contributed by atoms with van der Waals surface area (Å²) in [6.07, 6.45) is 2.43. The largest absolute Gasteiger partial charge is 0.486 e. The lowest BCUT2D eigenvalue weighted by molar-refractivity contribution is 0.171. The van der Waals surface area contributed by atoms with E-state index in [0.29, 0.717) is 19.1 Å². The van der Waals surface area contributed by atoms with Gasteiger partial charge in [0.1, 0.15) is 19.0 Å². The number of nitrogens with zero attached hydrogens (tertiary/aromatic N) is 4. The molecule has 0 unspecified atom stereocenters. The van der Waals surface area contributed by atoms with Crippen molar-refractivity contribution in [1.29, 1.82) is 0 Å². The van der Waals surface area contributed by atoms with Gasteiger partial charge in [0.25, 0.3) is 0 Å². The smallest absolute Gasteiger partial charge is 0.184 e. The standard InChI is InChI=1S/C25H29N5O2/c26-25-20(23(18-9-10-18)27-30(25)19-5-2-1-3-6-19)17-28-11-13-29(14-12-28)21-7-4-8-22-24(21)32-16-15-31-22/h1-8,18H,9-17,26H2. The van der Waals surface area contributed by atoms with Crippen molar-refractivity contribution in [2.75, 3.05) is 50.0 Å². The van der Waals surface area contributed by atoms with Gasteiger partial charge in [-0.25, -0.2) is 4.68 Å². The van der Waals surface area contributed by atoms with Gasteiger partial charge in [-0.05, 0) is 37.1 Å². The molecule has 7 nitrogen and oxygen atoms in total. The van der Waals surface area contributed by atoms with Crippen LogP contribution in [0.5, 0.6) is 11.5 Å². The number of rotatable bonds is 5. The first-order valence-electron chi connectivity index (χ1n) is 11.6. The van der Waals surface area contributed by atoms with Crippen LogP contribution in [0.2, 0.25) is 0 Å². The molecule has 2 N–H and O–H groups in total. The highest BCUT2D eigenvalue weighted by atomic mass is 16.6. The molecule has 0 amide bonds. The van der Waals surface area contributed by atoms with Gasteiger partial charge in [-0.2, -0.15) is 5.10 Å². The van der Waals surface area contributed by atoms with E-state index in [4.69, 9.17) is 20.3 Å². The lowest BCUT2D eigenvalue weighted by Crippen LogP contribution is -2.46. The van der Waals surface area contributed by atoms with E-state index in [-0.39, 0.29) is 0 Å². The van der Waals surface area contributed by atoms with Crippen molar-refractivity contribution in [2.24, 2.45) is 0 Å². The maximum Gasteiger partial charge on any atom is 0.184 e. The van der Waals surface area contributed by atoms with Crippen molar-refractivity contribution < 1.29 is 9.47 Å². The summed E-state index contributed by atoms with van der Waals surface area (Å²) in [5.41, 5.74) is 11.2. The van der Waals surface area contributed by atoms with E-state index in [2.05, 4.69) is 34.1 Å². The fourth-order valence-electron chi connectivity index (χ4n) is 4.77. The molecule has 1 saturated carbocycles. The molecule has 7 heteroatoms. The first-order valence-corrected chi connectivity index (χ1v) is 11.6. The van der Waals surface area contributed by atoms with Gasteiger partial charge in [-0.3, -0.25) is 4.90 Å². The lowest BCUT2D eigenvalue weighted by atomic mass is 10.1. The van der Waals surface area contributed by atoms with Gasteiger partial charge in [0.2, 0.25) is 0 Å². The minimum Gasteiger partial charge on any atom is -0.486 e. The van der Waals surface area contributed by atoms with E-state index in [1.54, 1.807) is 0 Å². The molecule has 1 saturated heterocycles. The first kappa shape index (κ1) is 19.5. The molecule has 1 aromatic heterocycles. The summed E-state index contributed by atoms with van der Waals surface area (Å²) in [4.78, 5) is 4.90. The zero-order valence-corrected chi connectivity index (χ0v) is 18.2. The van der Waals surface area contributed by atoms with Crippen molar-refractivity contribution in [3.05, 3.63) is 59.8 Å². The van der Waals surface area contributed by atoms with Gasteiger partial charge in [0.15, 0.2) is 11.5 Å². The van der Waals surface area contributed by atoms with E-state index in [1.165, 1.54) is 24.1 Å². The molecule has 0 atom stereocenters. The Kier molecular flexibility index (Phi) is 4.91. The number of nitrogens with two attached hydrogens (primary N) is 1. The Morgan fingerprint density at radius 1 is 0.906 bits per heavy atom. The number of piperazine rings is 1. The predicted molar refractivity (Wildman–Crippen MR) is 125 cm³/mol. The molecule has 1 aliphatic carbocycles. The van der Waals surface area contributed by atoms with Crippen molar-refractivity contribution in [3.8, 4) is 17.2 Å². The van der Waals surface area contributed by atoms with E-state index in [1.807, 2.05) is 28.9 Å². The van der Waals surface area contributed by atoms with Gasteiger partial charge >= 0.3 is 0 Å². The van der Waals surface area contributed by atoms with Crippen LogP contribution in [0.4, 0.5) is 11.5 Å². The van der Waals surface area contributed by atoms with Crippen LogP contribution in [0.3, 0.4) is 0 Å². The highest BCUT2D eigenvalue weighted by molar-refractivity contribution is 5.65. The molecular formula is C25H29N5O2. The summed E-state index contributed by atoms with van der Waals surface area (Å²) in [7, 11) is 0. The number of hydrogen-bond donors (Lipinski definition) is 1. The number of hydrogen-bond acceptors (Lipinski definition) is 6. The zero-order chi connectivity index (χ0) is 21.5. The molecular weight excluding hydrogens is 402 g/mol. The Morgan fingerprint density at radius 3 is 2.47 bits per heavy atom. The Bertz CT molecular complexity index is 1100. The summed E-state index contributed by atoms with van der Waals surface area (Å²) in [6.45, 7) is 5.93. The van der Waals surface area contributed by atoms with Gasteiger partial charge < -0.3 is 20.1 Å². The summed E-state index contributed by atoms with van der Waals surface area (Å²) >= 11 is 0. The third-order valence-electron chi connectivity index (χ3n) is 6.66. The monoisotopic (exact) mass is 431 g/mol. The molecule has 3 aliphatic rings. The number of anilines is 2. The van der Waals surface area contributed by atoms with Crippen molar-refractivity contribution in [2.45, 2.75) is 25.3 Å². The molecule has 166 valence electrons. The van der Waals surface area contributed by atoms with Crippen molar-refractivity contribution in [3.63, 3.8) is 0 Å². The van der Waals surface area contributed by atoms with Gasteiger partial charge in [0.05, 0.1) is 17.1 Å². The van der Waals surface area contributed by atoms with Crippen LogP contribution < -0.4 is 20.1 Å². The predicted octanol–water partition coefficient (Wildman–Crippen LogP) is 3.43. The summed E-state index contributed by atoms with van der Waals surface area (Å²) in [5.74, 6) is 3.08. The molecule has 0 radical (unpaired) electrons. The molecule has 6 rings (SSSR count). The molecule has 3 heterocycles. The minimum absolute atomic E-state index is 0.562. The number of para-hydroxylation sites is 2. The molecule has 2 aromatic carbocycles. The van der Waals surface area contributed by atoms with Crippen LogP contribution in [0, 0.1) is 0 Å². The van der Waals surface area contributed by atoms with E-state index >= 15 is 0 Å². The van der Waals surface area contributed by atoms with Crippen LogP contribution >= 0.6 is 0 Å². The van der Waals surface area contributed by atoms with Gasteiger partial charge in [-0.1, -0.05) is 24.3 Å². The molecule has 2 fully saturated rings. The molecule has 0 bridgehead atoms. The quantitative estimate of drug-likeness (QED) is 0.668. The maximum absolute atomic E-state index is 6.65. The second-order valence-electron chi connectivity index (χ2n) is 8.84. The molecule has 32 heavy (non-hydrogen) atoms. The fourth-order valence-corrected chi connectivity index (χ4v) is 4.77.